The Morgan fingerprint density at radius 2 is 1.14 bits per heavy atom. The molecule has 6 unspecified atom stereocenters. The summed E-state index contributed by atoms with van der Waals surface area (Å²) in [4.78, 5) is 102. The topological polar surface area (TPSA) is 416 Å². The molecule has 74 heavy (non-hydrogen) atoms. The van der Waals surface area contributed by atoms with Gasteiger partial charge in [-0.25, -0.2) is 14.4 Å². The zero-order valence-corrected chi connectivity index (χ0v) is 46.2. The lowest BCUT2D eigenvalue weighted by atomic mass is 9.92. The number of likely N-dealkylation sites (tertiary alicyclic amines) is 1. The average molecular weight is 1060 g/mol. The maximum atomic E-state index is 11.7. The number of likely N-dealkylation sites (N-methyl/N-ethyl adjacent to an activating group) is 1. The number of carbonyl (C=O) groups excluding carboxylic acids is 8. The van der Waals surface area contributed by atoms with Crippen molar-refractivity contribution in [2.75, 3.05) is 53.4 Å². The molecule has 430 valence electrons. The minimum absolute atomic E-state index is 0.00347. The number of methoxy groups -OCH3 is 1. The Kier molecular flexibility index (Phi) is 33.9. The number of carboxylic acid groups (broad SMARTS) is 1. The fourth-order valence-corrected chi connectivity index (χ4v) is 6.44. The van der Waals surface area contributed by atoms with Gasteiger partial charge in [0.15, 0.2) is 0 Å². The minimum Gasteiger partial charge on any atom is -0.480 e. The lowest BCUT2D eigenvalue weighted by molar-refractivity contribution is -0.142. The van der Waals surface area contributed by atoms with Crippen LogP contribution in [-0.4, -0.2) is 170 Å². The van der Waals surface area contributed by atoms with E-state index in [1.807, 2.05) is 0 Å². The van der Waals surface area contributed by atoms with E-state index in [2.05, 4.69) is 36.6 Å². The molecule has 7 amide bonds. The van der Waals surface area contributed by atoms with Gasteiger partial charge >= 0.3 is 30.2 Å². The Morgan fingerprint density at radius 1 is 0.689 bits per heavy atom. The molecule has 0 aliphatic carbocycles. The molecular formula is C48H94N12O14. The van der Waals surface area contributed by atoms with E-state index < -0.39 is 70.8 Å². The van der Waals surface area contributed by atoms with E-state index in [4.69, 9.17) is 48.0 Å². The molecule has 4 heterocycles. The molecule has 26 nitrogen and oxygen atoms in total. The third kappa shape index (κ3) is 34.8. The zero-order chi connectivity index (χ0) is 57.5. The summed E-state index contributed by atoms with van der Waals surface area (Å²) >= 11 is 0. The highest BCUT2D eigenvalue weighted by molar-refractivity contribution is 5.90. The maximum Gasteiger partial charge on any atom is 0.408 e. The van der Waals surface area contributed by atoms with Gasteiger partial charge in [0.25, 0.3) is 0 Å². The SMILES string of the molecule is CC(C)(C)OC(=O)NC1(C)CCCNC1=O.CC(C)(C)OC(=O)NC1CCCNC1=O.CN1CCCC(NC(=O)OC(C)(C)C)C1=O.COC(=O)C(N)CCCN.NC1CCCNC1=O.NCCCC(N)C(=O)O. The van der Waals surface area contributed by atoms with E-state index in [1.165, 1.54) is 7.11 Å². The molecule has 17 N–H and O–H groups in total. The highest BCUT2D eigenvalue weighted by atomic mass is 16.6. The van der Waals surface area contributed by atoms with Crippen LogP contribution in [0.1, 0.15) is 146 Å². The van der Waals surface area contributed by atoms with Crippen molar-refractivity contribution in [3.63, 3.8) is 0 Å². The molecule has 0 radical (unpaired) electrons. The Hall–Kier alpha value is -5.57. The lowest BCUT2D eigenvalue weighted by Crippen LogP contribution is -2.60. The third-order valence-corrected chi connectivity index (χ3v) is 10.3. The van der Waals surface area contributed by atoms with Gasteiger partial charge in [-0.15, -0.1) is 0 Å². The smallest absolute Gasteiger partial charge is 0.408 e. The van der Waals surface area contributed by atoms with Crippen LogP contribution in [0.2, 0.25) is 0 Å². The van der Waals surface area contributed by atoms with E-state index in [0.717, 1.165) is 51.6 Å². The first-order chi connectivity index (χ1) is 34.1. The second kappa shape index (κ2) is 35.6. The van der Waals surface area contributed by atoms with Crippen LogP contribution in [0.4, 0.5) is 14.4 Å². The molecule has 4 fully saturated rings. The predicted octanol–water partition coefficient (Wildman–Crippen LogP) is 0.688. The van der Waals surface area contributed by atoms with Crippen LogP contribution in [0.5, 0.6) is 0 Å². The predicted molar refractivity (Wildman–Crippen MR) is 278 cm³/mol. The molecule has 26 heteroatoms. The molecule has 0 aromatic rings. The fraction of sp³-hybridized carbons (Fsp3) is 0.812. The first kappa shape index (κ1) is 70.5. The number of carbonyl (C=O) groups is 9. The second-order valence-corrected chi connectivity index (χ2v) is 21.0. The first-order valence-corrected chi connectivity index (χ1v) is 25.2. The number of hydrogen-bond acceptors (Lipinski definition) is 18. The highest BCUT2D eigenvalue weighted by Gasteiger charge is 2.38. The van der Waals surface area contributed by atoms with Gasteiger partial charge in [0.2, 0.25) is 23.6 Å². The average Bonchev–Trinajstić information content (AvgIpc) is 3.28. The summed E-state index contributed by atoms with van der Waals surface area (Å²) < 4.78 is 19.7. The maximum absolute atomic E-state index is 11.7. The number of nitrogens with one attached hydrogen (secondary N) is 6. The number of hydrogen-bond donors (Lipinski definition) is 12. The Labute approximate surface area is 437 Å². The number of esters is 1. The minimum atomic E-state index is -0.955. The number of ether oxygens (including phenoxy) is 4. The first-order valence-electron chi connectivity index (χ1n) is 25.2. The van der Waals surface area contributed by atoms with Gasteiger partial charge in [0.05, 0.1) is 13.2 Å². The van der Waals surface area contributed by atoms with E-state index in [0.29, 0.717) is 64.7 Å². The van der Waals surface area contributed by atoms with Gasteiger partial charge in [-0.2, -0.15) is 0 Å². The molecule has 4 rings (SSSR count). The normalized spacial score (nSPS) is 21.3. The summed E-state index contributed by atoms with van der Waals surface area (Å²) in [6.07, 6.45) is 7.38. The molecule has 4 aliphatic rings. The molecule has 6 atom stereocenters. The van der Waals surface area contributed by atoms with E-state index in [1.54, 1.807) is 81.2 Å². The third-order valence-electron chi connectivity index (χ3n) is 10.3. The van der Waals surface area contributed by atoms with Crippen LogP contribution in [0.3, 0.4) is 0 Å². The van der Waals surface area contributed by atoms with Crippen molar-refractivity contribution in [3.05, 3.63) is 0 Å². The summed E-state index contributed by atoms with van der Waals surface area (Å²) in [5.74, 6) is -1.65. The number of nitrogens with zero attached hydrogens (tertiary/aromatic N) is 1. The molecule has 0 aromatic carbocycles. The van der Waals surface area contributed by atoms with Crippen molar-refractivity contribution in [2.45, 2.75) is 199 Å². The van der Waals surface area contributed by atoms with Crippen molar-refractivity contribution in [2.24, 2.45) is 28.7 Å². The van der Waals surface area contributed by atoms with Crippen LogP contribution in [0.15, 0.2) is 0 Å². The molecule has 0 saturated carbocycles. The molecule has 4 aliphatic heterocycles. The molecule has 0 spiro atoms. The van der Waals surface area contributed by atoms with Crippen molar-refractivity contribution < 1.29 is 67.2 Å². The van der Waals surface area contributed by atoms with Crippen LogP contribution in [-0.2, 0) is 47.7 Å². The number of aliphatic carboxylic acids is 1. The Morgan fingerprint density at radius 3 is 1.55 bits per heavy atom. The van der Waals surface area contributed by atoms with Crippen LogP contribution in [0, 0.1) is 0 Å². The summed E-state index contributed by atoms with van der Waals surface area (Å²) in [5.41, 5.74) is 23.8. The van der Waals surface area contributed by atoms with E-state index in [-0.39, 0.29) is 35.6 Å². The van der Waals surface area contributed by atoms with Crippen molar-refractivity contribution in [1.82, 2.24) is 36.8 Å². The number of piperidine rings is 4. The summed E-state index contributed by atoms with van der Waals surface area (Å²) in [6.45, 7) is 21.8. The molecule has 0 aromatic heterocycles. The number of nitrogens with two attached hydrogens (primary N) is 5. The van der Waals surface area contributed by atoms with Gasteiger partial charge in [-0.3, -0.25) is 28.8 Å². The number of amides is 7. The lowest BCUT2D eigenvalue weighted by Gasteiger charge is -2.33. The molecule has 4 saturated heterocycles. The van der Waals surface area contributed by atoms with E-state index >= 15 is 0 Å². The number of alkyl carbamates (subject to hydrolysis) is 3. The summed E-state index contributed by atoms with van der Waals surface area (Å²) in [6, 6.07) is -2.38. The molecular weight excluding hydrogens is 969 g/mol. The van der Waals surface area contributed by atoms with Gasteiger partial charge in [0, 0.05) is 33.2 Å². The Bertz CT molecular complexity index is 1750. The second-order valence-electron chi connectivity index (χ2n) is 21.0. The van der Waals surface area contributed by atoms with Gasteiger partial charge in [-0.05, 0) is 159 Å². The summed E-state index contributed by atoms with van der Waals surface area (Å²) in [7, 11) is 3.07. The standard InChI is InChI=1S/2C11H20N2O3.C10H18N2O3.C6H14N2O2.C5H12N2O2.C5H10N2O/c1-10(2,3)16-9(15)13-11(4)6-5-7-12-8(11)14;1-11(2,3)16-10(15)12-8-6-5-7-13(4)9(8)14;1-10(2,3)15-9(14)12-7-5-4-6-11-8(7)13;1-10-6(9)5(8)3-2-4-7;6-3-1-2-4(7)5(8)9;6-4-2-1-3-7-5(4)8/h5-7H2,1-4H3,(H,12,14)(H,13,15);8H,5-7H2,1-4H3,(H,12,15);7H,4-6H2,1-3H3,(H,11,13)(H,12,14);5H,2-4,7-8H2,1H3;4H,1-3,6-7H2,(H,8,9);4H,1-3,6H2,(H,7,8). The zero-order valence-electron chi connectivity index (χ0n) is 46.2. The Balaban J connectivity index is 0. The van der Waals surface area contributed by atoms with Gasteiger partial charge in [0.1, 0.15) is 46.5 Å². The van der Waals surface area contributed by atoms with Crippen LogP contribution < -0.4 is 60.6 Å². The van der Waals surface area contributed by atoms with E-state index in [9.17, 15) is 43.2 Å². The van der Waals surface area contributed by atoms with Crippen molar-refractivity contribution >= 4 is 53.8 Å². The molecule has 0 bridgehead atoms. The van der Waals surface area contributed by atoms with Crippen LogP contribution in [0.25, 0.3) is 0 Å². The van der Waals surface area contributed by atoms with Crippen LogP contribution >= 0.6 is 0 Å². The number of carboxylic acids is 1. The van der Waals surface area contributed by atoms with Crippen molar-refractivity contribution in [3.8, 4) is 0 Å². The summed E-state index contributed by atoms with van der Waals surface area (Å²) in [5, 5.41) is 24.1. The quantitative estimate of drug-likeness (QED) is 0.1000. The van der Waals surface area contributed by atoms with Gasteiger partial charge in [-0.1, -0.05) is 0 Å². The number of rotatable bonds is 11. The highest BCUT2D eigenvalue weighted by Crippen LogP contribution is 2.18. The monoisotopic (exact) mass is 1060 g/mol. The fourth-order valence-electron chi connectivity index (χ4n) is 6.44. The largest absolute Gasteiger partial charge is 0.480 e. The van der Waals surface area contributed by atoms with Gasteiger partial charge < -0.3 is 89.5 Å². The van der Waals surface area contributed by atoms with Crippen molar-refractivity contribution in [1.29, 1.82) is 0 Å².